The van der Waals surface area contributed by atoms with E-state index in [4.69, 9.17) is 15.2 Å². The molecule has 2 aromatic rings. The molecule has 3 N–H and O–H groups in total. The maximum Gasteiger partial charge on any atom is 0.136 e. The highest BCUT2D eigenvalue weighted by Gasteiger charge is 2.15. The summed E-state index contributed by atoms with van der Waals surface area (Å²) in [6, 6.07) is 14.8. The molecule has 0 saturated carbocycles. The fourth-order valence-corrected chi connectivity index (χ4v) is 3.28. The minimum Gasteiger partial charge on any atom is -0.457 e. The van der Waals surface area contributed by atoms with Crippen molar-refractivity contribution in [2.45, 2.75) is 6.10 Å². The number of ether oxygens (including phenoxy) is 2. The fourth-order valence-electron chi connectivity index (χ4n) is 3.28. The van der Waals surface area contributed by atoms with E-state index in [2.05, 4.69) is 29.3 Å². The van der Waals surface area contributed by atoms with Crippen molar-refractivity contribution in [3.8, 4) is 22.9 Å². The molecular weight excluding hydrogens is 392 g/mol. The smallest absolute Gasteiger partial charge is 0.136 e. The van der Waals surface area contributed by atoms with E-state index in [1.165, 1.54) is 0 Å². The summed E-state index contributed by atoms with van der Waals surface area (Å²) >= 11 is 0. The maximum atomic E-state index is 9.92. The lowest BCUT2D eigenvalue weighted by Gasteiger charge is -2.28. The van der Waals surface area contributed by atoms with Crippen LogP contribution < -0.4 is 10.5 Å². The van der Waals surface area contributed by atoms with Gasteiger partial charge in [-0.2, -0.15) is 5.26 Å². The van der Waals surface area contributed by atoms with Crippen LogP contribution in [-0.4, -0.2) is 49.6 Å². The summed E-state index contributed by atoms with van der Waals surface area (Å²) in [6.45, 7) is 10.5. The van der Waals surface area contributed by atoms with Gasteiger partial charge >= 0.3 is 0 Å². The lowest BCUT2D eigenvalue weighted by atomic mass is 10.00. The van der Waals surface area contributed by atoms with Gasteiger partial charge in [0.15, 0.2) is 0 Å². The first-order valence-corrected chi connectivity index (χ1v) is 9.96. The van der Waals surface area contributed by atoms with Crippen LogP contribution in [0.5, 0.6) is 5.75 Å². The van der Waals surface area contributed by atoms with Crippen molar-refractivity contribution in [2.75, 3.05) is 32.8 Å². The molecule has 1 saturated heterocycles. The molecule has 0 bridgehead atoms. The number of nitrogens with two attached hydrogens (primary N) is 1. The number of aliphatic imine (C=N–C) groups is 1. The van der Waals surface area contributed by atoms with Gasteiger partial charge in [0.05, 0.1) is 31.0 Å². The number of allylic oxidation sites excluding steroid dienone is 1. The second-order valence-electron chi connectivity index (χ2n) is 7.02. The summed E-state index contributed by atoms with van der Waals surface area (Å²) < 4.78 is 11.4. The molecule has 31 heavy (non-hydrogen) atoms. The largest absolute Gasteiger partial charge is 0.457 e. The molecule has 160 valence electrons. The first kappa shape index (κ1) is 22.2. The Morgan fingerprint density at radius 3 is 2.61 bits per heavy atom. The number of hydrogen-bond acceptors (Lipinski definition) is 7. The van der Waals surface area contributed by atoms with Crippen molar-refractivity contribution in [2.24, 2.45) is 10.7 Å². The Morgan fingerprint density at radius 2 is 2.00 bits per heavy atom. The van der Waals surface area contributed by atoms with Gasteiger partial charge in [0.1, 0.15) is 17.3 Å². The number of benzene rings is 2. The van der Waals surface area contributed by atoms with Crippen molar-refractivity contribution in [1.82, 2.24) is 4.90 Å². The summed E-state index contributed by atoms with van der Waals surface area (Å²) in [5.41, 5.74) is 8.41. The second kappa shape index (κ2) is 10.5. The predicted molar refractivity (Wildman–Crippen MR) is 120 cm³/mol. The molecule has 1 fully saturated rings. The SMILES string of the molecule is C=N/C(=C\C(=C)Oc1cc(C#N)ccc1-c1ccc(C(O)CN)cc1)N1CCOCC1. The Kier molecular flexibility index (Phi) is 7.57. The van der Waals surface area contributed by atoms with Gasteiger partial charge in [-0.1, -0.05) is 30.8 Å². The van der Waals surface area contributed by atoms with E-state index < -0.39 is 6.10 Å². The molecular formula is C24H26N4O3. The van der Waals surface area contributed by atoms with Gasteiger partial charge in [-0.05, 0) is 36.0 Å². The van der Waals surface area contributed by atoms with E-state index in [0.717, 1.165) is 16.7 Å². The van der Waals surface area contributed by atoms with Crippen LogP contribution in [0.25, 0.3) is 11.1 Å². The third-order valence-electron chi connectivity index (χ3n) is 4.97. The Bertz CT molecular complexity index is 1000. The molecule has 0 aliphatic carbocycles. The third-order valence-corrected chi connectivity index (χ3v) is 4.97. The van der Waals surface area contributed by atoms with Crippen LogP contribution in [-0.2, 0) is 4.74 Å². The lowest BCUT2D eigenvalue weighted by molar-refractivity contribution is 0.0531. The number of morpholine rings is 1. The molecule has 1 aliphatic rings. The number of nitriles is 1. The van der Waals surface area contributed by atoms with Crippen LogP contribution in [0, 0.1) is 11.3 Å². The minimum atomic E-state index is -0.708. The monoisotopic (exact) mass is 418 g/mol. The van der Waals surface area contributed by atoms with E-state index in [-0.39, 0.29) is 6.54 Å². The van der Waals surface area contributed by atoms with Crippen molar-refractivity contribution < 1.29 is 14.6 Å². The molecule has 1 atom stereocenters. The zero-order valence-corrected chi connectivity index (χ0v) is 17.3. The molecule has 7 heteroatoms. The van der Waals surface area contributed by atoms with E-state index >= 15 is 0 Å². The average Bonchev–Trinajstić information content (AvgIpc) is 2.82. The maximum absolute atomic E-state index is 9.92. The zero-order chi connectivity index (χ0) is 22.2. The van der Waals surface area contributed by atoms with Gasteiger partial charge in [-0.3, -0.25) is 0 Å². The Labute approximate surface area is 182 Å². The quantitative estimate of drug-likeness (QED) is 0.388. The number of nitrogens with zero attached hydrogens (tertiary/aromatic N) is 3. The molecule has 1 unspecified atom stereocenters. The number of rotatable bonds is 8. The van der Waals surface area contributed by atoms with E-state index in [1.807, 2.05) is 30.3 Å². The standard InChI is InChI=1S/C24H26N4O3/c1-17(13-24(27-2)28-9-11-30-12-10-28)31-23-14-18(15-25)3-8-21(23)19-4-6-20(7-5-19)22(29)16-26/h3-8,13-14,22,29H,1-2,9-12,16,26H2/b24-13+. The number of hydrogen-bond donors (Lipinski definition) is 2. The molecule has 1 heterocycles. The van der Waals surface area contributed by atoms with Crippen LogP contribution in [0.2, 0.25) is 0 Å². The molecule has 0 amide bonds. The van der Waals surface area contributed by atoms with Crippen LogP contribution in [0.1, 0.15) is 17.2 Å². The number of aliphatic hydroxyl groups is 1. The predicted octanol–water partition coefficient (Wildman–Crippen LogP) is 2.98. The zero-order valence-electron chi connectivity index (χ0n) is 17.3. The minimum absolute atomic E-state index is 0.152. The molecule has 0 radical (unpaired) electrons. The highest BCUT2D eigenvalue weighted by molar-refractivity contribution is 5.72. The molecule has 2 aromatic carbocycles. The molecule has 7 nitrogen and oxygen atoms in total. The van der Waals surface area contributed by atoms with Crippen LogP contribution in [0.15, 0.2) is 71.7 Å². The third kappa shape index (κ3) is 5.58. The van der Waals surface area contributed by atoms with Gasteiger partial charge in [0, 0.05) is 31.3 Å². The second-order valence-corrected chi connectivity index (χ2v) is 7.02. The Morgan fingerprint density at radius 1 is 1.29 bits per heavy atom. The summed E-state index contributed by atoms with van der Waals surface area (Å²) in [6.07, 6.45) is 1.02. The Hall–Kier alpha value is -3.44. The van der Waals surface area contributed by atoms with Gasteiger partial charge in [0.25, 0.3) is 0 Å². The van der Waals surface area contributed by atoms with Crippen molar-refractivity contribution in [3.63, 3.8) is 0 Å². The van der Waals surface area contributed by atoms with Crippen molar-refractivity contribution in [1.29, 1.82) is 5.26 Å². The summed E-state index contributed by atoms with van der Waals surface area (Å²) in [7, 11) is 0. The van der Waals surface area contributed by atoms with E-state index in [0.29, 0.717) is 49.2 Å². The summed E-state index contributed by atoms with van der Waals surface area (Å²) in [5, 5.41) is 19.2. The van der Waals surface area contributed by atoms with E-state index in [1.54, 1.807) is 18.2 Å². The fraction of sp³-hybridized carbons (Fsp3) is 0.250. The highest BCUT2D eigenvalue weighted by atomic mass is 16.5. The highest BCUT2D eigenvalue weighted by Crippen LogP contribution is 2.33. The van der Waals surface area contributed by atoms with Crippen molar-refractivity contribution in [3.05, 3.63) is 77.8 Å². The lowest BCUT2D eigenvalue weighted by Crippen LogP contribution is -2.35. The molecule has 0 aromatic heterocycles. The van der Waals surface area contributed by atoms with Gasteiger partial charge < -0.3 is 25.2 Å². The van der Waals surface area contributed by atoms with E-state index in [9.17, 15) is 10.4 Å². The molecule has 1 aliphatic heterocycles. The van der Waals surface area contributed by atoms with Crippen LogP contribution in [0.3, 0.4) is 0 Å². The van der Waals surface area contributed by atoms with Crippen molar-refractivity contribution >= 4 is 6.72 Å². The van der Waals surface area contributed by atoms with Gasteiger partial charge in [-0.15, -0.1) is 0 Å². The molecule has 3 rings (SSSR count). The Balaban J connectivity index is 1.87. The molecule has 0 spiro atoms. The van der Waals surface area contributed by atoms with Crippen LogP contribution in [0.4, 0.5) is 0 Å². The normalized spacial score (nSPS) is 15.1. The average molecular weight is 418 g/mol. The van der Waals surface area contributed by atoms with Gasteiger partial charge in [-0.25, -0.2) is 4.99 Å². The topological polar surface area (TPSA) is 104 Å². The first-order valence-electron chi connectivity index (χ1n) is 9.96. The van der Waals surface area contributed by atoms with Gasteiger partial charge in [0.2, 0.25) is 0 Å². The number of aliphatic hydroxyl groups excluding tert-OH is 1. The summed E-state index contributed by atoms with van der Waals surface area (Å²) in [5.74, 6) is 1.53. The van der Waals surface area contributed by atoms with Crippen LogP contribution >= 0.6 is 0 Å². The summed E-state index contributed by atoms with van der Waals surface area (Å²) in [4.78, 5) is 6.15. The first-order chi connectivity index (χ1) is 15.0.